The molecular formula is C14H16BrNO4. The molecule has 1 aromatic rings. The van der Waals surface area contributed by atoms with Crippen molar-refractivity contribution >= 4 is 33.6 Å². The Balaban J connectivity index is 2.49. The molecule has 0 aliphatic rings. The monoisotopic (exact) mass is 341 g/mol. The van der Waals surface area contributed by atoms with E-state index in [1.165, 1.54) is 6.92 Å². The van der Waals surface area contributed by atoms with Gasteiger partial charge in [0.05, 0.1) is 11.4 Å². The summed E-state index contributed by atoms with van der Waals surface area (Å²) in [5, 5.41) is 2.48. The number of ketones is 2. The van der Waals surface area contributed by atoms with E-state index in [1.54, 1.807) is 0 Å². The lowest BCUT2D eigenvalue weighted by Crippen LogP contribution is -2.42. The second-order valence-corrected chi connectivity index (χ2v) is 4.83. The number of halogens is 1. The highest BCUT2D eigenvalue weighted by Gasteiger charge is 2.21. The molecule has 1 atom stereocenters. The maximum Gasteiger partial charge on any atom is 0.408 e. The maximum atomic E-state index is 11.6. The first kappa shape index (κ1) is 16.4. The van der Waals surface area contributed by atoms with Crippen molar-refractivity contribution in [1.29, 1.82) is 0 Å². The summed E-state index contributed by atoms with van der Waals surface area (Å²) in [6, 6.07) is 8.33. The minimum absolute atomic E-state index is 0.0368. The summed E-state index contributed by atoms with van der Waals surface area (Å²) in [5.74, 6) is -0.440. The molecule has 1 aromatic carbocycles. The fourth-order valence-corrected chi connectivity index (χ4v) is 1.92. The van der Waals surface area contributed by atoms with Crippen molar-refractivity contribution in [3.05, 3.63) is 35.9 Å². The molecule has 0 saturated carbocycles. The second-order valence-electron chi connectivity index (χ2n) is 4.26. The van der Waals surface area contributed by atoms with Gasteiger partial charge in [0.15, 0.2) is 5.78 Å². The molecule has 0 saturated heterocycles. The normalized spacial score (nSPS) is 11.5. The standard InChI is InChI=1S/C14H16BrNO4/c1-10(17)7-12(13(18)8-15)16-14(19)20-9-11-5-3-2-4-6-11/h2-6,12H,7-9H2,1H3,(H,16,19)/t12-/m0/s1. The minimum Gasteiger partial charge on any atom is -0.445 e. The Kier molecular flexibility index (Phi) is 6.93. The third-order valence-corrected chi connectivity index (χ3v) is 3.07. The molecule has 20 heavy (non-hydrogen) atoms. The zero-order valence-electron chi connectivity index (χ0n) is 11.1. The van der Waals surface area contributed by atoms with Crippen LogP contribution in [-0.2, 0) is 20.9 Å². The molecule has 0 aromatic heterocycles. The van der Waals surface area contributed by atoms with Gasteiger partial charge in [-0.2, -0.15) is 0 Å². The molecule has 108 valence electrons. The second kappa shape index (κ2) is 8.47. The number of hydrogen-bond acceptors (Lipinski definition) is 4. The van der Waals surface area contributed by atoms with Crippen LogP contribution in [-0.4, -0.2) is 29.0 Å². The molecule has 1 amide bonds. The highest BCUT2D eigenvalue weighted by Crippen LogP contribution is 2.03. The SMILES string of the molecule is CC(=O)C[C@H](NC(=O)OCc1ccccc1)C(=O)CBr. The number of rotatable bonds is 7. The van der Waals surface area contributed by atoms with Crippen LogP contribution in [0.3, 0.4) is 0 Å². The van der Waals surface area contributed by atoms with Crippen molar-refractivity contribution in [2.75, 3.05) is 5.33 Å². The van der Waals surface area contributed by atoms with Gasteiger partial charge in [-0.05, 0) is 12.5 Å². The molecule has 0 heterocycles. The molecule has 5 nitrogen and oxygen atoms in total. The van der Waals surface area contributed by atoms with E-state index in [0.29, 0.717) is 0 Å². The molecule has 0 spiro atoms. The fourth-order valence-electron chi connectivity index (χ4n) is 1.53. The lowest BCUT2D eigenvalue weighted by molar-refractivity contribution is -0.123. The Morgan fingerprint density at radius 1 is 1.25 bits per heavy atom. The zero-order valence-corrected chi connectivity index (χ0v) is 12.7. The number of amides is 1. The average Bonchev–Trinajstić information content (AvgIpc) is 2.44. The van der Waals surface area contributed by atoms with Gasteiger partial charge >= 0.3 is 6.09 Å². The lowest BCUT2D eigenvalue weighted by atomic mass is 10.1. The molecule has 0 aliphatic carbocycles. The van der Waals surface area contributed by atoms with Gasteiger partial charge in [0.1, 0.15) is 12.4 Å². The first-order valence-corrected chi connectivity index (χ1v) is 7.20. The van der Waals surface area contributed by atoms with Gasteiger partial charge in [-0.25, -0.2) is 4.79 Å². The van der Waals surface area contributed by atoms with Crippen molar-refractivity contribution in [1.82, 2.24) is 5.32 Å². The van der Waals surface area contributed by atoms with Gasteiger partial charge in [-0.1, -0.05) is 46.3 Å². The molecule has 0 fully saturated rings. The minimum atomic E-state index is -0.852. The zero-order chi connectivity index (χ0) is 15.0. The Hall–Kier alpha value is -1.69. The van der Waals surface area contributed by atoms with Gasteiger partial charge in [0.2, 0.25) is 0 Å². The van der Waals surface area contributed by atoms with Gasteiger partial charge in [-0.15, -0.1) is 0 Å². The maximum absolute atomic E-state index is 11.6. The van der Waals surface area contributed by atoms with Crippen LogP contribution in [0.4, 0.5) is 4.79 Å². The van der Waals surface area contributed by atoms with Crippen LogP contribution in [0.5, 0.6) is 0 Å². The molecule has 6 heteroatoms. The topological polar surface area (TPSA) is 72.5 Å². The molecule has 0 aliphatic heterocycles. The van der Waals surface area contributed by atoms with Crippen molar-refractivity contribution in [3.63, 3.8) is 0 Å². The summed E-state index contributed by atoms with van der Waals surface area (Å²) in [5.41, 5.74) is 0.845. The largest absolute Gasteiger partial charge is 0.445 e. The summed E-state index contributed by atoms with van der Waals surface area (Å²) >= 11 is 3.02. The van der Waals surface area contributed by atoms with Crippen LogP contribution in [0.25, 0.3) is 0 Å². The number of Topliss-reactive ketones (excluding diaryl/α,β-unsaturated/α-hetero) is 2. The number of alkyl halides is 1. The first-order chi connectivity index (χ1) is 9.52. The van der Waals surface area contributed by atoms with Gasteiger partial charge in [0, 0.05) is 6.42 Å². The van der Waals surface area contributed by atoms with Gasteiger partial charge in [0.25, 0.3) is 0 Å². The van der Waals surface area contributed by atoms with Crippen molar-refractivity contribution < 1.29 is 19.1 Å². The predicted octanol–water partition coefficient (Wildman–Crippen LogP) is 2.22. The number of carbonyl (C=O) groups is 3. The quantitative estimate of drug-likeness (QED) is 0.772. The predicted molar refractivity (Wildman–Crippen MR) is 77.6 cm³/mol. The van der Waals surface area contributed by atoms with Gasteiger partial charge < -0.3 is 10.1 Å². The smallest absolute Gasteiger partial charge is 0.408 e. The van der Waals surface area contributed by atoms with Crippen LogP contribution in [0, 0.1) is 0 Å². The van der Waals surface area contributed by atoms with E-state index >= 15 is 0 Å². The Labute approximate surface area is 125 Å². The Morgan fingerprint density at radius 2 is 1.90 bits per heavy atom. The summed E-state index contributed by atoms with van der Waals surface area (Å²) < 4.78 is 5.01. The van der Waals surface area contributed by atoms with Crippen molar-refractivity contribution in [2.45, 2.75) is 26.0 Å². The van der Waals surface area contributed by atoms with E-state index in [9.17, 15) is 14.4 Å². The third-order valence-electron chi connectivity index (χ3n) is 2.52. The lowest BCUT2D eigenvalue weighted by Gasteiger charge is -2.15. The van der Waals surface area contributed by atoms with Crippen molar-refractivity contribution in [3.8, 4) is 0 Å². The Bertz CT molecular complexity index is 475. The molecule has 0 unspecified atom stereocenters. The van der Waals surface area contributed by atoms with Crippen LogP contribution in [0.2, 0.25) is 0 Å². The molecule has 0 bridgehead atoms. The van der Waals surface area contributed by atoms with Crippen LogP contribution >= 0.6 is 15.9 Å². The number of benzene rings is 1. The molecule has 1 N–H and O–H groups in total. The van der Waals surface area contributed by atoms with E-state index in [4.69, 9.17) is 4.74 Å². The van der Waals surface area contributed by atoms with E-state index < -0.39 is 12.1 Å². The average molecular weight is 342 g/mol. The molecular weight excluding hydrogens is 326 g/mol. The molecule has 0 radical (unpaired) electrons. The van der Waals surface area contributed by atoms with Crippen molar-refractivity contribution in [2.24, 2.45) is 0 Å². The number of nitrogens with one attached hydrogen (secondary N) is 1. The number of carbonyl (C=O) groups excluding carboxylic acids is 3. The first-order valence-electron chi connectivity index (χ1n) is 6.08. The van der Waals surface area contributed by atoms with E-state index in [-0.39, 0.29) is 29.9 Å². The van der Waals surface area contributed by atoms with Crippen LogP contribution < -0.4 is 5.32 Å². The summed E-state index contributed by atoms with van der Waals surface area (Å²) in [7, 11) is 0. The summed E-state index contributed by atoms with van der Waals surface area (Å²) in [6.07, 6.45) is -0.750. The van der Waals surface area contributed by atoms with Crippen LogP contribution in [0.15, 0.2) is 30.3 Å². The summed E-state index contributed by atoms with van der Waals surface area (Å²) in [6.45, 7) is 1.48. The highest BCUT2D eigenvalue weighted by molar-refractivity contribution is 9.09. The van der Waals surface area contributed by atoms with E-state index in [1.807, 2.05) is 30.3 Å². The third kappa shape index (κ3) is 5.97. The number of hydrogen-bond donors (Lipinski definition) is 1. The number of alkyl carbamates (subject to hydrolysis) is 1. The fraction of sp³-hybridized carbons (Fsp3) is 0.357. The van der Waals surface area contributed by atoms with E-state index in [2.05, 4.69) is 21.2 Å². The highest BCUT2D eigenvalue weighted by atomic mass is 79.9. The van der Waals surface area contributed by atoms with Crippen LogP contribution in [0.1, 0.15) is 18.9 Å². The molecule has 1 rings (SSSR count). The number of ether oxygens (including phenoxy) is 1. The van der Waals surface area contributed by atoms with E-state index in [0.717, 1.165) is 5.56 Å². The Morgan fingerprint density at radius 3 is 2.45 bits per heavy atom. The summed E-state index contributed by atoms with van der Waals surface area (Å²) in [4.78, 5) is 34.3. The van der Waals surface area contributed by atoms with Gasteiger partial charge in [-0.3, -0.25) is 9.59 Å².